The van der Waals surface area contributed by atoms with E-state index < -0.39 is 6.04 Å². The molecule has 2 unspecified atom stereocenters. The van der Waals surface area contributed by atoms with E-state index in [2.05, 4.69) is 5.32 Å². The minimum absolute atomic E-state index is 0.0985. The quantitative estimate of drug-likeness (QED) is 0.718. The van der Waals surface area contributed by atoms with Crippen molar-refractivity contribution >= 4 is 17.7 Å². The molecule has 0 radical (unpaired) electrons. The zero-order valence-corrected chi connectivity index (χ0v) is 17.0. The van der Waals surface area contributed by atoms with Crippen LogP contribution in [0.1, 0.15) is 48.0 Å². The van der Waals surface area contributed by atoms with Crippen molar-refractivity contribution in [1.29, 1.82) is 0 Å². The molecule has 1 aliphatic heterocycles. The fourth-order valence-corrected chi connectivity index (χ4v) is 4.22. The molecule has 1 aromatic rings. The minimum atomic E-state index is -0.575. The lowest BCUT2D eigenvalue weighted by atomic mass is 10.1. The molecule has 0 bridgehead atoms. The van der Waals surface area contributed by atoms with Crippen molar-refractivity contribution in [3.63, 3.8) is 0 Å². The molecule has 156 valence electrons. The molecule has 29 heavy (non-hydrogen) atoms. The number of nitrogens with one attached hydrogen (secondary N) is 1. The van der Waals surface area contributed by atoms with Crippen molar-refractivity contribution in [2.75, 3.05) is 19.6 Å². The summed E-state index contributed by atoms with van der Waals surface area (Å²) in [6.07, 6.45) is 4.45. The van der Waals surface area contributed by atoms with Crippen LogP contribution in [0.25, 0.3) is 0 Å². The van der Waals surface area contributed by atoms with Gasteiger partial charge in [0.2, 0.25) is 11.8 Å². The summed E-state index contributed by atoms with van der Waals surface area (Å²) in [5.41, 5.74) is 7.18. The molecule has 2 saturated carbocycles. The number of nitrogens with zero attached hydrogens (tertiary/aromatic N) is 2. The maximum atomic E-state index is 13.2. The lowest BCUT2D eigenvalue weighted by Gasteiger charge is -2.29. The van der Waals surface area contributed by atoms with Gasteiger partial charge in [-0.05, 0) is 51.2 Å². The van der Waals surface area contributed by atoms with E-state index in [1.165, 1.54) is 0 Å². The predicted octanol–water partition coefficient (Wildman–Crippen LogP) is 1.05. The smallest absolute Gasteiger partial charge is 0.254 e. The molecule has 3 fully saturated rings. The van der Waals surface area contributed by atoms with Crippen LogP contribution in [-0.2, 0) is 9.59 Å². The highest BCUT2D eigenvalue weighted by Crippen LogP contribution is 2.39. The number of nitrogens with two attached hydrogens (primary N) is 1. The second-order valence-corrected chi connectivity index (χ2v) is 8.56. The Bertz CT molecular complexity index is 786. The van der Waals surface area contributed by atoms with Gasteiger partial charge in [0.15, 0.2) is 0 Å². The third-order valence-electron chi connectivity index (χ3n) is 6.10. The number of hydrogen-bond acceptors (Lipinski definition) is 4. The van der Waals surface area contributed by atoms with Crippen molar-refractivity contribution in [3.05, 3.63) is 35.4 Å². The highest BCUT2D eigenvalue weighted by molar-refractivity contribution is 5.98. The van der Waals surface area contributed by atoms with Crippen LogP contribution in [0, 0.1) is 12.8 Å². The van der Waals surface area contributed by atoms with Crippen molar-refractivity contribution in [1.82, 2.24) is 15.1 Å². The maximum absolute atomic E-state index is 13.2. The summed E-state index contributed by atoms with van der Waals surface area (Å²) in [5, 5.41) is 2.83. The Balaban J connectivity index is 1.56. The predicted molar refractivity (Wildman–Crippen MR) is 109 cm³/mol. The molecule has 3 aliphatic rings. The van der Waals surface area contributed by atoms with E-state index in [0.717, 1.165) is 31.2 Å². The van der Waals surface area contributed by atoms with Gasteiger partial charge in [-0.25, -0.2) is 0 Å². The molecule has 1 aromatic carbocycles. The third kappa shape index (κ3) is 4.29. The van der Waals surface area contributed by atoms with Crippen LogP contribution in [0.3, 0.4) is 0 Å². The number of rotatable bonds is 7. The first-order valence-corrected chi connectivity index (χ1v) is 10.7. The van der Waals surface area contributed by atoms with Crippen molar-refractivity contribution < 1.29 is 14.4 Å². The van der Waals surface area contributed by atoms with E-state index in [9.17, 15) is 14.4 Å². The van der Waals surface area contributed by atoms with Crippen LogP contribution in [0.15, 0.2) is 24.3 Å². The maximum Gasteiger partial charge on any atom is 0.254 e. The Morgan fingerprint density at radius 2 is 1.79 bits per heavy atom. The molecule has 7 heteroatoms. The number of carbonyl (C=O) groups excluding carboxylic acids is 3. The van der Waals surface area contributed by atoms with E-state index in [4.69, 9.17) is 5.73 Å². The number of likely N-dealkylation sites (tertiary alicyclic amines) is 1. The summed E-state index contributed by atoms with van der Waals surface area (Å²) < 4.78 is 0. The summed E-state index contributed by atoms with van der Waals surface area (Å²) in [6.45, 7) is 3.10. The van der Waals surface area contributed by atoms with Crippen molar-refractivity contribution in [2.45, 2.75) is 57.2 Å². The first-order chi connectivity index (χ1) is 14.0. The van der Waals surface area contributed by atoms with Gasteiger partial charge < -0.3 is 20.9 Å². The summed E-state index contributed by atoms with van der Waals surface area (Å²) in [6, 6.07) is 7.00. The van der Waals surface area contributed by atoms with Gasteiger partial charge in [-0.1, -0.05) is 17.7 Å². The molecule has 0 aromatic heterocycles. The second kappa shape index (κ2) is 8.14. The Kier molecular flexibility index (Phi) is 5.58. The van der Waals surface area contributed by atoms with Gasteiger partial charge in [0.25, 0.3) is 5.91 Å². The van der Waals surface area contributed by atoms with Crippen LogP contribution in [0.5, 0.6) is 0 Å². The largest absolute Gasteiger partial charge is 0.353 e. The minimum Gasteiger partial charge on any atom is -0.353 e. The van der Waals surface area contributed by atoms with Crippen molar-refractivity contribution in [2.24, 2.45) is 11.7 Å². The Hall–Kier alpha value is -2.41. The van der Waals surface area contributed by atoms with Crippen LogP contribution < -0.4 is 11.1 Å². The molecule has 0 spiro atoms. The van der Waals surface area contributed by atoms with Gasteiger partial charge in [-0.3, -0.25) is 14.4 Å². The number of hydrogen-bond donors (Lipinski definition) is 2. The first-order valence-electron chi connectivity index (χ1n) is 10.7. The molecule has 1 heterocycles. The van der Waals surface area contributed by atoms with Crippen LogP contribution in [0.4, 0.5) is 0 Å². The number of amides is 3. The zero-order valence-electron chi connectivity index (χ0n) is 17.0. The third-order valence-corrected chi connectivity index (χ3v) is 6.10. The molecule has 2 aliphatic carbocycles. The van der Waals surface area contributed by atoms with Gasteiger partial charge >= 0.3 is 0 Å². The summed E-state index contributed by atoms with van der Waals surface area (Å²) in [4.78, 5) is 42.6. The summed E-state index contributed by atoms with van der Waals surface area (Å²) in [7, 11) is 0. The SMILES string of the molecule is Cc1ccc(C(=O)N2CC(N(C(=O)C3CC3)C3CC3)CC2C(=O)NCCN)cc1. The highest BCUT2D eigenvalue weighted by atomic mass is 16.2. The second-order valence-electron chi connectivity index (χ2n) is 8.56. The van der Waals surface area contributed by atoms with Gasteiger partial charge in [0.05, 0.1) is 6.04 Å². The Labute approximate surface area is 171 Å². The first kappa shape index (κ1) is 19.9. The molecule has 2 atom stereocenters. The summed E-state index contributed by atoms with van der Waals surface area (Å²) >= 11 is 0. The topological polar surface area (TPSA) is 95.7 Å². The number of benzene rings is 1. The molecule has 3 N–H and O–H groups in total. The molecule has 4 rings (SSSR count). The average Bonchev–Trinajstić information content (AvgIpc) is 3.64. The lowest BCUT2D eigenvalue weighted by Crippen LogP contribution is -2.47. The average molecular weight is 399 g/mol. The van der Waals surface area contributed by atoms with E-state index >= 15 is 0 Å². The lowest BCUT2D eigenvalue weighted by molar-refractivity contribution is -0.135. The Morgan fingerprint density at radius 1 is 1.10 bits per heavy atom. The van der Waals surface area contributed by atoms with E-state index in [0.29, 0.717) is 31.6 Å². The molecule has 7 nitrogen and oxygen atoms in total. The van der Waals surface area contributed by atoms with Crippen LogP contribution >= 0.6 is 0 Å². The zero-order chi connectivity index (χ0) is 20.5. The fourth-order valence-electron chi connectivity index (χ4n) is 4.22. The van der Waals surface area contributed by atoms with Crippen LogP contribution in [0.2, 0.25) is 0 Å². The fraction of sp³-hybridized carbons (Fsp3) is 0.591. The Morgan fingerprint density at radius 3 is 2.38 bits per heavy atom. The molecule has 1 saturated heterocycles. The standard InChI is InChI=1S/C22H30N4O3/c1-14-2-4-15(5-3-14)21(28)25-13-18(12-19(25)20(27)24-11-10-23)26(17-8-9-17)22(29)16-6-7-16/h2-5,16-19H,6-13,23H2,1H3,(H,24,27). The monoisotopic (exact) mass is 398 g/mol. The van der Waals surface area contributed by atoms with Crippen LogP contribution in [-0.4, -0.2) is 65.3 Å². The van der Waals surface area contributed by atoms with Gasteiger partial charge in [-0.15, -0.1) is 0 Å². The molecular formula is C22H30N4O3. The highest BCUT2D eigenvalue weighted by Gasteiger charge is 2.49. The molecule has 3 amide bonds. The van der Waals surface area contributed by atoms with Gasteiger partial charge in [0.1, 0.15) is 6.04 Å². The normalized spacial score (nSPS) is 23.7. The molecular weight excluding hydrogens is 368 g/mol. The van der Waals surface area contributed by atoms with Crippen molar-refractivity contribution in [3.8, 4) is 0 Å². The summed E-state index contributed by atoms with van der Waals surface area (Å²) in [5.74, 6) is 0.00765. The number of aryl methyl sites for hydroxylation is 1. The van der Waals surface area contributed by atoms with Gasteiger partial charge in [0, 0.05) is 37.2 Å². The van der Waals surface area contributed by atoms with E-state index in [1.54, 1.807) is 17.0 Å². The van der Waals surface area contributed by atoms with E-state index in [1.807, 2.05) is 24.0 Å². The number of carbonyl (C=O) groups is 3. The van der Waals surface area contributed by atoms with E-state index in [-0.39, 0.29) is 35.7 Å². The van der Waals surface area contributed by atoms with Gasteiger partial charge in [-0.2, -0.15) is 0 Å².